The number of anilines is 3. The van der Waals surface area contributed by atoms with E-state index in [2.05, 4.69) is 20.3 Å². The number of hydrogen-bond donors (Lipinski definition) is 2. The van der Waals surface area contributed by atoms with Crippen molar-refractivity contribution in [2.75, 3.05) is 11.1 Å². The molecule has 2 aromatic heterocycles. The van der Waals surface area contributed by atoms with E-state index in [9.17, 15) is 0 Å². The Morgan fingerprint density at radius 2 is 1.83 bits per heavy atom. The number of hydrogen-bond acceptors (Lipinski definition) is 5. The molecule has 0 aliphatic rings. The van der Waals surface area contributed by atoms with Gasteiger partial charge in [-0.25, -0.2) is 9.97 Å². The Labute approximate surface area is 104 Å². The molecule has 0 spiro atoms. The lowest BCUT2D eigenvalue weighted by Gasteiger charge is -2.05. The van der Waals surface area contributed by atoms with E-state index >= 15 is 0 Å². The fourth-order valence-electron chi connectivity index (χ4n) is 1.69. The summed E-state index contributed by atoms with van der Waals surface area (Å²) in [7, 11) is 0. The molecular weight excluding hydrogens is 226 g/mol. The number of aromatic nitrogens is 3. The predicted molar refractivity (Wildman–Crippen MR) is 71.5 cm³/mol. The number of fused-ring (bicyclic) bond motifs is 1. The van der Waals surface area contributed by atoms with Gasteiger partial charge in [0.25, 0.3) is 0 Å². The van der Waals surface area contributed by atoms with Crippen LogP contribution in [0.3, 0.4) is 0 Å². The van der Waals surface area contributed by atoms with E-state index in [1.54, 1.807) is 12.4 Å². The highest BCUT2D eigenvalue weighted by molar-refractivity contribution is 5.82. The number of benzene rings is 1. The van der Waals surface area contributed by atoms with Crippen molar-refractivity contribution in [2.24, 2.45) is 0 Å². The quantitative estimate of drug-likeness (QED) is 0.715. The average molecular weight is 237 g/mol. The third-order valence-electron chi connectivity index (χ3n) is 2.53. The maximum absolute atomic E-state index is 5.48. The zero-order valence-electron chi connectivity index (χ0n) is 9.54. The van der Waals surface area contributed by atoms with E-state index in [-0.39, 0.29) is 0 Å². The van der Waals surface area contributed by atoms with Crippen molar-refractivity contribution < 1.29 is 0 Å². The minimum atomic E-state index is 0.400. The summed E-state index contributed by atoms with van der Waals surface area (Å²) < 4.78 is 0. The van der Waals surface area contributed by atoms with Crippen LogP contribution in [0.2, 0.25) is 0 Å². The fourth-order valence-corrected chi connectivity index (χ4v) is 1.69. The molecule has 0 amide bonds. The van der Waals surface area contributed by atoms with Crippen LogP contribution in [0.15, 0.2) is 48.9 Å². The minimum absolute atomic E-state index is 0.400. The van der Waals surface area contributed by atoms with E-state index in [1.807, 2.05) is 30.3 Å². The van der Waals surface area contributed by atoms with Gasteiger partial charge in [-0.05, 0) is 12.1 Å². The van der Waals surface area contributed by atoms with Crippen LogP contribution in [0.25, 0.3) is 10.9 Å². The second-order valence-corrected chi connectivity index (χ2v) is 3.87. The zero-order chi connectivity index (χ0) is 12.4. The maximum atomic E-state index is 5.48. The summed E-state index contributed by atoms with van der Waals surface area (Å²) in [6, 6.07) is 9.95. The van der Waals surface area contributed by atoms with E-state index in [1.165, 1.54) is 6.20 Å². The molecule has 0 saturated heterocycles. The van der Waals surface area contributed by atoms with Crippen LogP contribution in [0.5, 0.6) is 0 Å². The Hall–Kier alpha value is -2.69. The van der Waals surface area contributed by atoms with Crippen LogP contribution in [0.1, 0.15) is 0 Å². The number of nitrogens with zero attached hydrogens (tertiary/aromatic N) is 3. The lowest BCUT2D eigenvalue weighted by atomic mass is 10.2. The van der Waals surface area contributed by atoms with Gasteiger partial charge in [-0.1, -0.05) is 18.2 Å². The summed E-state index contributed by atoms with van der Waals surface area (Å²) in [5.41, 5.74) is 7.31. The number of nitrogens with two attached hydrogens (primary N) is 1. The number of rotatable bonds is 2. The molecule has 0 atom stereocenters. The molecule has 0 aliphatic carbocycles. The highest BCUT2D eigenvalue weighted by Gasteiger charge is 1.99. The highest BCUT2D eigenvalue weighted by atomic mass is 15.0. The van der Waals surface area contributed by atoms with Crippen LogP contribution in [0, 0.1) is 0 Å². The summed E-state index contributed by atoms with van der Waals surface area (Å²) >= 11 is 0. The lowest BCUT2D eigenvalue weighted by Crippen LogP contribution is -1.97. The summed E-state index contributed by atoms with van der Waals surface area (Å²) in [5.74, 6) is 1.04. The van der Waals surface area contributed by atoms with E-state index in [0.29, 0.717) is 11.6 Å². The summed E-state index contributed by atoms with van der Waals surface area (Å²) in [6.45, 7) is 0. The minimum Gasteiger partial charge on any atom is -0.382 e. The Morgan fingerprint density at radius 1 is 0.944 bits per heavy atom. The number of para-hydroxylation sites is 1. The van der Waals surface area contributed by atoms with Gasteiger partial charge < -0.3 is 11.1 Å². The number of nitrogens with one attached hydrogen (secondary N) is 1. The third-order valence-corrected chi connectivity index (χ3v) is 2.53. The average Bonchev–Trinajstić information content (AvgIpc) is 2.41. The van der Waals surface area contributed by atoms with Crippen LogP contribution in [-0.2, 0) is 0 Å². The van der Waals surface area contributed by atoms with Crippen LogP contribution >= 0.6 is 0 Å². The molecule has 0 radical (unpaired) electrons. The Bertz CT molecular complexity index is 678. The smallest absolute Gasteiger partial charge is 0.149 e. The van der Waals surface area contributed by atoms with E-state index in [0.717, 1.165) is 16.6 Å². The molecule has 0 bridgehead atoms. The Balaban J connectivity index is 1.92. The largest absolute Gasteiger partial charge is 0.382 e. The molecule has 3 rings (SSSR count). The molecule has 3 N–H and O–H groups in total. The molecule has 5 nitrogen and oxygen atoms in total. The predicted octanol–water partition coefficient (Wildman–Crippen LogP) is 2.35. The Kier molecular flexibility index (Phi) is 2.49. The maximum Gasteiger partial charge on any atom is 0.149 e. The van der Waals surface area contributed by atoms with Crippen molar-refractivity contribution in [1.82, 2.24) is 15.0 Å². The van der Waals surface area contributed by atoms with Crippen LogP contribution < -0.4 is 11.1 Å². The summed E-state index contributed by atoms with van der Waals surface area (Å²) in [5, 5.41) is 4.21. The zero-order valence-corrected chi connectivity index (χ0v) is 9.54. The topological polar surface area (TPSA) is 76.7 Å². The molecule has 88 valence electrons. The van der Waals surface area contributed by atoms with Gasteiger partial charge in [0, 0.05) is 5.39 Å². The molecule has 18 heavy (non-hydrogen) atoms. The summed E-state index contributed by atoms with van der Waals surface area (Å²) in [4.78, 5) is 12.5. The van der Waals surface area contributed by atoms with Crippen molar-refractivity contribution in [3.8, 4) is 0 Å². The van der Waals surface area contributed by atoms with Crippen LogP contribution in [-0.4, -0.2) is 15.0 Å². The first-order chi connectivity index (χ1) is 8.81. The molecule has 0 saturated carbocycles. The molecule has 5 heteroatoms. The monoisotopic (exact) mass is 237 g/mol. The van der Waals surface area contributed by atoms with Gasteiger partial charge in [0.05, 0.1) is 29.8 Å². The van der Waals surface area contributed by atoms with Gasteiger partial charge in [0.1, 0.15) is 11.6 Å². The van der Waals surface area contributed by atoms with Gasteiger partial charge in [0.2, 0.25) is 0 Å². The van der Waals surface area contributed by atoms with Gasteiger partial charge in [0.15, 0.2) is 0 Å². The van der Waals surface area contributed by atoms with Crippen molar-refractivity contribution in [3.63, 3.8) is 0 Å². The van der Waals surface area contributed by atoms with Gasteiger partial charge in [-0.15, -0.1) is 0 Å². The van der Waals surface area contributed by atoms with Gasteiger partial charge >= 0.3 is 0 Å². The molecule has 0 fully saturated rings. The van der Waals surface area contributed by atoms with Crippen molar-refractivity contribution >= 4 is 28.2 Å². The first-order valence-electron chi connectivity index (χ1n) is 5.50. The molecule has 0 aliphatic heterocycles. The molecule has 0 unspecified atom stereocenters. The first-order valence-corrected chi connectivity index (χ1v) is 5.50. The second-order valence-electron chi connectivity index (χ2n) is 3.87. The lowest BCUT2D eigenvalue weighted by molar-refractivity contribution is 1.20. The van der Waals surface area contributed by atoms with Crippen molar-refractivity contribution in [1.29, 1.82) is 0 Å². The van der Waals surface area contributed by atoms with E-state index in [4.69, 9.17) is 5.73 Å². The third kappa shape index (κ3) is 2.06. The number of nitrogen functional groups attached to an aromatic ring is 1. The fraction of sp³-hybridized carbons (Fsp3) is 0. The number of pyridine rings is 1. The van der Waals surface area contributed by atoms with Crippen molar-refractivity contribution in [3.05, 3.63) is 48.9 Å². The molecule has 1 aromatic carbocycles. The second kappa shape index (κ2) is 4.29. The summed E-state index contributed by atoms with van der Waals surface area (Å²) in [6.07, 6.45) is 4.86. The standard InChI is InChI=1S/C13H11N5/c14-12-7-17-13(8-16-12)18-10-5-9-3-1-2-4-11(9)15-6-10/h1-8H,(H2,14,16)(H,17,18). The van der Waals surface area contributed by atoms with Gasteiger partial charge in [-0.2, -0.15) is 0 Å². The van der Waals surface area contributed by atoms with E-state index < -0.39 is 0 Å². The Morgan fingerprint density at radius 3 is 2.67 bits per heavy atom. The first kappa shape index (κ1) is 10.5. The molecule has 3 aromatic rings. The SMILES string of the molecule is Nc1cnc(Nc2cnc3ccccc3c2)cn1. The van der Waals surface area contributed by atoms with Crippen molar-refractivity contribution in [2.45, 2.75) is 0 Å². The normalized spacial score (nSPS) is 10.4. The molecule has 2 heterocycles. The molecular formula is C13H11N5. The highest BCUT2D eigenvalue weighted by Crippen LogP contribution is 2.18. The van der Waals surface area contributed by atoms with Crippen LogP contribution in [0.4, 0.5) is 17.3 Å². The van der Waals surface area contributed by atoms with Gasteiger partial charge in [-0.3, -0.25) is 4.98 Å².